The van der Waals surface area contributed by atoms with Gasteiger partial charge in [-0.3, -0.25) is 4.79 Å². The summed E-state index contributed by atoms with van der Waals surface area (Å²) in [5, 5.41) is 0.368. The normalized spacial score (nSPS) is 14.7. The minimum atomic E-state index is -0.531. The maximum Gasteiger partial charge on any atom is 0.257 e. The first-order valence-corrected chi connectivity index (χ1v) is 4.95. The molecule has 1 aromatic rings. The fourth-order valence-corrected chi connectivity index (χ4v) is 1.65. The van der Waals surface area contributed by atoms with Gasteiger partial charge in [-0.05, 0) is 18.2 Å². The molecule has 0 spiro atoms. The Bertz CT molecular complexity index is 423. The Labute approximate surface area is 92.0 Å². The molecule has 0 aromatic heterocycles. The van der Waals surface area contributed by atoms with Gasteiger partial charge in [-0.2, -0.15) is 0 Å². The number of benzene rings is 1. The zero-order chi connectivity index (χ0) is 10.8. The van der Waals surface area contributed by atoms with Crippen LogP contribution in [0.25, 0.3) is 0 Å². The lowest BCUT2D eigenvalue weighted by Gasteiger charge is -2.15. The quantitative estimate of drug-likeness (QED) is 0.673. The lowest BCUT2D eigenvalue weighted by atomic mass is 10.2. The van der Waals surface area contributed by atoms with Gasteiger partial charge in [-0.15, -0.1) is 0 Å². The highest BCUT2D eigenvalue weighted by Gasteiger charge is 2.19. The maximum atomic E-state index is 13.3. The van der Waals surface area contributed by atoms with E-state index in [0.717, 1.165) is 0 Å². The molecule has 2 nitrogen and oxygen atoms in total. The number of nitrogens with zero attached hydrogens (tertiary/aromatic N) is 1. The van der Waals surface area contributed by atoms with E-state index < -0.39 is 5.82 Å². The second-order valence-corrected chi connectivity index (χ2v) is 3.74. The molecule has 1 aromatic carbocycles. The molecule has 1 aliphatic rings. The molecule has 0 saturated heterocycles. The van der Waals surface area contributed by atoms with Gasteiger partial charge >= 0.3 is 0 Å². The number of amides is 1. The van der Waals surface area contributed by atoms with Gasteiger partial charge in [0.25, 0.3) is 5.91 Å². The molecule has 0 bridgehead atoms. The van der Waals surface area contributed by atoms with Crippen LogP contribution in [0.5, 0.6) is 0 Å². The van der Waals surface area contributed by atoms with Gasteiger partial charge in [0.05, 0.1) is 5.56 Å². The Kier molecular flexibility index (Phi) is 2.73. The minimum absolute atomic E-state index is 0.0335. The minimum Gasteiger partial charge on any atom is -0.331 e. The zero-order valence-corrected chi connectivity index (χ0v) is 8.67. The largest absolute Gasteiger partial charge is 0.331 e. The van der Waals surface area contributed by atoms with Crippen molar-refractivity contribution < 1.29 is 9.18 Å². The van der Waals surface area contributed by atoms with E-state index in [1.54, 1.807) is 4.90 Å². The van der Waals surface area contributed by atoms with Gasteiger partial charge in [0, 0.05) is 18.1 Å². The molecule has 1 heterocycles. The first kappa shape index (κ1) is 10.2. The summed E-state index contributed by atoms with van der Waals surface area (Å²) in [6.07, 6.45) is 3.75. The summed E-state index contributed by atoms with van der Waals surface area (Å²) in [6, 6.07) is 3.99. The molecule has 0 aliphatic carbocycles. The van der Waals surface area contributed by atoms with Crippen LogP contribution < -0.4 is 0 Å². The zero-order valence-electron chi connectivity index (χ0n) is 7.91. The lowest BCUT2D eigenvalue weighted by Crippen LogP contribution is -2.28. The van der Waals surface area contributed by atoms with Crippen LogP contribution in [0.2, 0.25) is 5.02 Å². The van der Waals surface area contributed by atoms with Crippen LogP contribution in [0.4, 0.5) is 4.39 Å². The molecule has 0 radical (unpaired) electrons. The molecule has 0 saturated carbocycles. The Hall–Kier alpha value is -1.35. The first-order valence-electron chi connectivity index (χ1n) is 4.58. The van der Waals surface area contributed by atoms with E-state index in [4.69, 9.17) is 11.6 Å². The monoisotopic (exact) mass is 225 g/mol. The topological polar surface area (TPSA) is 20.3 Å². The van der Waals surface area contributed by atoms with Crippen molar-refractivity contribution in [1.29, 1.82) is 0 Å². The number of halogens is 2. The molecule has 1 amide bonds. The Morgan fingerprint density at radius 1 is 1.33 bits per heavy atom. The van der Waals surface area contributed by atoms with Gasteiger partial charge in [0.2, 0.25) is 0 Å². The summed E-state index contributed by atoms with van der Waals surface area (Å²) in [7, 11) is 0. The Balaban J connectivity index is 2.28. The van der Waals surface area contributed by atoms with Gasteiger partial charge in [0.15, 0.2) is 0 Å². The van der Waals surface area contributed by atoms with Crippen LogP contribution in [0.15, 0.2) is 30.4 Å². The van der Waals surface area contributed by atoms with E-state index >= 15 is 0 Å². The van der Waals surface area contributed by atoms with Crippen molar-refractivity contribution in [3.8, 4) is 0 Å². The van der Waals surface area contributed by atoms with E-state index in [2.05, 4.69) is 0 Å². The van der Waals surface area contributed by atoms with E-state index in [0.29, 0.717) is 18.1 Å². The van der Waals surface area contributed by atoms with Crippen molar-refractivity contribution in [2.75, 3.05) is 13.1 Å². The molecule has 0 fully saturated rings. The van der Waals surface area contributed by atoms with Crippen LogP contribution in [0, 0.1) is 5.82 Å². The number of hydrogen-bond donors (Lipinski definition) is 0. The van der Waals surface area contributed by atoms with Crippen molar-refractivity contribution in [2.24, 2.45) is 0 Å². The summed E-state index contributed by atoms with van der Waals surface area (Å²) in [6.45, 7) is 1.07. The molecular weight excluding hydrogens is 217 g/mol. The van der Waals surface area contributed by atoms with Gasteiger partial charge in [-0.1, -0.05) is 23.8 Å². The van der Waals surface area contributed by atoms with Crippen LogP contribution in [0.3, 0.4) is 0 Å². The third-order valence-corrected chi connectivity index (χ3v) is 2.50. The van der Waals surface area contributed by atoms with E-state index in [9.17, 15) is 9.18 Å². The average molecular weight is 226 g/mol. The Morgan fingerprint density at radius 2 is 2.00 bits per heavy atom. The third kappa shape index (κ3) is 2.02. The molecule has 2 rings (SSSR count). The Morgan fingerprint density at radius 3 is 2.67 bits per heavy atom. The molecule has 1 aliphatic heterocycles. The standard InChI is InChI=1S/C11H9ClFNO/c12-8-3-4-10(13)9(7-8)11(15)14-5-1-2-6-14/h1-4,7H,5-6H2. The SMILES string of the molecule is O=C(c1cc(Cl)ccc1F)N1CC=CC1. The molecule has 0 unspecified atom stereocenters. The summed E-state index contributed by atoms with van der Waals surface area (Å²) in [5.41, 5.74) is 0.0335. The summed E-state index contributed by atoms with van der Waals surface area (Å²) in [4.78, 5) is 13.4. The second-order valence-electron chi connectivity index (χ2n) is 3.31. The fraction of sp³-hybridized carbons (Fsp3) is 0.182. The highest BCUT2D eigenvalue weighted by Crippen LogP contribution is 2.17. The number of rotatable bonds is 1. The van der Waals surface area contributed by atoms with E-state index in [1.165, 1.54) is 18.2 Å². The van der Waals surface area contributed by atoms with E-state index in [1.807, 2.05) is 12.2 Å². The fourth-order valence-electron chi connectivity index (χ4n) is 1.48. The molecular formula is C11H9ClFNO. The van der Waals surface area contributed by atoms with Crippen molar-refractivity contribution in [1.82, 2.24) is 4.90 Å². The highest BCUT2D eigenvalue weighted by molar-refractivity contribution is 6.31. The van der Waals surface area contributed by atoms with Crippen molar-refractivity contribution in [3.05, 3.63) is 46.8 Å². The van der Waals surface area contributed by atoms with Gasteiger partial charge < -0.3 is 4.90 Å². The second kappa shape index (κ2) is 4.03. The van der Waals surface area contributed by atoms with Crippen LogP contribution >= 0.6 is 11.6 Å². The maximum absolute atomic E-state index is 13.3. The first-order chi connectivity index (χ1) is 7.18. The summed E-state index contributed by atoms with van der Waals surface area (Å²) >= 11 is 5.71. The number of carbonyl (C=O) groups excluding carboxylic acids is 1. The van der Waals surface area contributed by atoms with Crippen LogP contribution in [0.1, 0.15) is 10.4 Å². The van der Waals surface area contributed by atoms with Crippen LogP contribution in [-0.4, -0.2) is 23.9 Å². The van der Waals surface area contributed by atoms with Gasteiger partial charge in [-0.25, -0.2) is 4.39 Å². The molecule has 0 atom stereocenters. The van der Waals surface area contributed by atoms with Crippen molar-refractivity contribution >= 4 is 17.5 Å². The number of hydrogen-bond acceptors (Lipinski definition) is 1. The molecule has 78 valence electrons. The smallest absolute Gasteiger partial charge is 0.257 e. The number of carbonyl (C=O) groups is 1. The third-order valence-electron chi connectivity index (χ3n) is 2.26. The van der Waals surface area contributed by atoms with Crippen molar-refractivity contribution in [3.63, 3.8) is 0 Å². The predicted molar refractivity (Wildman–Crippen MR) is 56.5 cm³/mol. The highest BCUT2D eigenvalue weighted by atomic mass is 35.5. The average Bonchev–Trinajstić information content (AvgIpc) is 2.74. The lowest BCUT2D eigenvalue weighted by molar-refractivity contribution is 0.0795. The molecule has 15 heavy (non-hydrogen) atoms. The summed E-state index contributed by atoms with van der Waals surface area (Å²) < 4.78 is 13.3. The van der Waals surface area contributed by atoms with E-state index in [-0.39, 0.29) is 11.5 Å². The van der Waals surface area contributed by atoms with Crippen LogP contribution in [-0.2, 0) is 0 Å². The molecule has 4 heteroatoms. The molecule has 0 N–H and O–H groups in total. The van der Waals surface area contributed by atoms with Gasteiger partial charge in [0.1, 0.15) is 5.82 Å². The predicted octanol–water partition coefficient (Wildman–Crippen LogP) is 2.49. The van der Waals surface area contributed by atoms with Crippen molar-refractivity contribution in [2.45, 2.75) is 0 Å². The summed E-state index contributed by atoms with van der Waals surface area (Å²) in [5.74, 6) is -0.851.